The van der Waals surface area contributed by atoms with Gasteiger partial charge in [-0.2, -0.15) is 0 Å². The SMILES string of the molecule is Brc1cnc2nc(CCN3CCCC3)[nH]c2c1. The van der Waals surface area contributed by atoms with Crippen molar-refractivity contribution in [3.63, 3.8) is 0 Å². The van der Waals surface area contributed by atoms with Crippen LogP contribution in [0.25, 0.3) is 11.2 Å². The van der Waals surface area contributed by atoms with Gasteiger partial charge in [-0.05, 0) is 47.9 Å². The molecule has 0 bridgehead atoms. The first-order valence-electron chi connectivity index (χ1n) is 6.04. The van der Waals surface area contributed by atoms with Gasteiger partial charge in [0.15, 0.2) is 5.65 Å². The van der Waals surface area contributed by atoms with Crippen molar-refractivity contribution in [2.24, 2.45) is 0 Å². The van der Waals surface area contributed by atoms with Crippen LogP contribution in [0.15, 0.2) is 16.7 Å². The highest BCUT2D eigenvalue weighted by Crippen LogP contribution is 2.15. The summed E-state index contributed by atoms with van der Waals surface area (Å²) in [6.45, 7) is 3.58. The monoisotopic (exact) mass is 294 g/mol. The molecular formula is C12H15BrN4. The minimum atomic E-state index is 0.810. The van der Waals surface area contributed by atoms with E-state index in [1.54, 1.807) is 6.20 Å². The molecule has 1 aliphatic heterocycles. The maximum Gasteiger partial charge on any atom is 0.177 e. The Morgan fingerprint density at radius 2 is 2.18 bits per heavy atom. The molecule has 4 nitrogen and oxygen atoms in total. The van der Waals surface area contributed by atoms with E-state index in [4.69, 9.17) is 0 Å². The lowest BCUT2D eigenvalue weighted by molar-refractivity contribution is 0.341. The summed E-state index contributed by atoms with van der Waals surface area (Å²) < 4.78 is 0.986. The quantitative estimate of drug-likeness (QED) is 0.945. The van der Waals surface area contributed by atoms with Gasteiger partial charge in [0.2, 0.25) is 0 Å². The minimum Gasteiger partial charge on any atom is -0.341 e. The summed E-state index contributed by atoms with van der Waals surface area (Å²) in [6.07, 6.45) is 5.45. The third-order valence-electron chi connectivity index (χ3n) is 3.22. The summed E-state index contributed by atoms with van der Waals surface area (Å²) in [5, 5.41) is 0. The second kappa shape index (κ2) is 4.74. The van der Waals surface area contributed by atoms with Crippen molar-refractivity contribution in [1.29, 1.82) is 0 Å². The summed E-state index contributed by atoms with van der Waals surface area (Å²) >= 11 is 3.42. The normalized spacial score (nSPS) is 17.0. The molecular weight excluding hydrogens is 280 g/mol. The molecule has 1 saturated heterocycles. The number of aromatic nitrogens is 3. The smallest absolute Gasteiger partial charge is 0.177 e. The highest BCUT2D eigenvalue weighted by Gasteiger charge is 2.12. The molecule has 0 aromatic carbocycles. The van der Waals surface area contributed by atoms with Crippen molar-refractivity contribution in [2.45, 2.75) is 19.3 Å². The molecule has 90 valence electrons. The molecule has 3 heterocycles. The van der Waals surface area contributed by atoms with Gasteiger partial charge >= 0.3 is 0 Å². The zero-order valence-electron chi connectivity index (χ0n) is 9.62. The molecule has 2 aromatic rings. The molecule has 0 saturated carbocycles. The van der Waals surface area contributed by atoms with Crippen LogP contribution in [-0.4, -0.2) is 39.5 Å². The van der Waals surface area contributed by atoms with Crippen LogP contribution < -0.4 is 0 Å². The average Bonchev–Trinajstić information content (AvgIpc) is 2.94. The van der Waals surface area contributed by atoms with Crippen LogP contribution in [0.3, 0.4) is 0 Å². The van der Waals surface area contributed by atoms with E-state index in [2.05, 4.69) is 35.8 Å². The van der Waals surface area contributed by atoms with Gasteiger partial charge in [0.05, 0.1) is 5.52 Å². The highest BCUT2D eigenvalue weighted by atomic mass is 79.9. The number of nitrogens with one attached hydrogen (secondary N) is 1. The lowest BCUT2D eigenvalue weighted by atomic mass is 10.4. The molecule has 2 aromatic heterocycles. The van der Waals surface area contributed by atoms with Gasteiger partial charge in [0, 0.05) is 23.6 Å². The molecule has 5 heteroatoms. The molecule has 0 radical (unpaired) electrons. The zero-order chi connectivity index (χ0) is 11.7. The van der Waals surface area contributed by atoms with E-state index in [1.165, 1.54) is 25.9 Å². The van der Waals surface area contributed by atoms with E-state index in [0.717, 1.165) is 34.4 Å². The molecule has 0 amide bonds. The summed E-state index contributed by atoms with van der Waals surface area (Å²) in [4.78, 5) is 14.6. The van der Waals surface area contributed by atoms with Gasteiger partial charge in [0.25, 0.3) is 0 Å². The van der Waals surface area contributed by atoms with Gasteiger partial charge in [-0.3, -0.25) is 0 Å². The van der Waals surface area contributed by atoms with E-state index in [0.29, 0.717) is 0 Å². The van der Waals surface area contributed by atoms with E-state index >= 15 is 0 Å². The fraction of sp³-hybridized carbons (Fsp3) is 0.500. The first-order chi connectivity index (χ1) is 8.31. The van der Waals surface area contributed by atoms with E-state index < -0.39 is 0 Å². The molecule has 1 fully saturated rings. The second-order valence-corrected chi connectivity index (χ2v) is 5.42. The van der Waals surface area contributed by atoms with Crippen molar-refractivity contribution in [1.82, 2.24) is 19.9 Å². The van der Waals surface area contributed by atoms with Crippen molar-refractivity contribution in [2.75, 3.05) is 19.6 Å². The zero-order valence-corrected chi connectivity index (χ0v) is 11.2. The van der Waals surface area contributed by atoms with Gasteiger partial charge in [-0.1, -0.05) is 0 Å². The third-order valence-corrected chi connectivity index (χ3v) is 3.65. The Kier molecular flexibility index (Phi) is 3.11. The van der Waals surface area contributed by atoms with Crippen LogP contribution in [0.4, 0.5) is 0 Å². The predicted molar refractivity (Wildman–Crippen MR) is 71.0 cm³/mol. The molecule has 1 aliphatic rings. The first kappa shape index (κ1) is 11.2. The molecule has 0 aliphatic carbocycles. The summed E-state index contributed by atoms with van der Waals surface area (Å²) in [7, 11) is 0. The van der Waals surface area contributed by atoms with Crippen molar-refractivity contribution >= 4 is 27.1 Å². The summed E-state index contributed by atoms with van der Waals surface area (Å²) in [5.74, 6) is 1.04. The van der Waals surface area contributed by atoms with Crippen LogP contribution >= 0.6 is 15.9 Å². The molecule has 3 rings (SSSR count). The number of likely N-dealkylation sites (tertiary alicyclic amines) is 1. The number of aromatic amines is 1. The Balaban J connectivity index is 1.72. The van der Waals surface area contributed by atoms with Gasteiger partial charge in [-0.25, -0.2) is 9.97 Å². The second-order valence-electron chi connectivity index (χ2n) is 4.51. The van der Waals surface area contributed by atoms with Crippen molar-refractivity contribution in [3.8, 4) is 0 Å². The third kappa shape index (κ3) is 2.50. The maximum atomic E-state index is 4.50. The average molecular weight is 295 g/mol. The van der Waals surface area contributed by atoms with E-state index in [-0.39, 0.29) is 0 Å². The van der Waals surface area contributed by atoms with Crippen molar-refractivity contribution in [3.05, 3.63) is 22.6 Å². The number of imidazole rings is 1. The number of pyridine rings is 1. The molecule has 17 heavy (non-hydrogen) atoms. The van der Waals surface area contributed by atoms with E-state index in [9.17, 15) is 0 Å². The fourth-order valence-corrected chi connectivity index (χ4v) is 2.64. The Morgan fingerprint density at radius 3 is 3.00 bits per heavy atom. The van der Waals surface area contributed by atoms with Crippen LogP contribution in [0, 0.1) is 0 Å². The lowest BCUT2D eigenvalue weighted by Crippen LogP contribution is -2.22. The Hall–Kier alpha value is -0.940. The number of halogens is 1. The maximum absolute atomic E-state index is 4.50. The predicted octanol–water partition coefficient (Wildman–Crippen LogP) is 2.36. The number of fused-ring (bicyclic) bond motifs is 1. The van der Waals surface area contributed by atoms with Gasteiger partial charge < -0.3 is 9.88 Å². The Labute approximate surface area is 109 Å². The number of hydrogen-bond donors (Lipinski definition) is 1. The highest BCUT2D eigenvalue weighted by molar-refractivity contribution is 9.10. The number of hydrogen-bond acceptors (Lipinski definition) is 3. The standard InChI is InChI=1S/C12H15BrN4/c13-9-7-10-12(14-8-9)16-11(15-10)3-6-17-4-1-2-5-17/h7-8H,1-6H2,(H,14,15,16). The van der Waals surface area contributed by atoms with Crippen LogP contribution in [0.1, 0.15) is 18.7 Å². The topological polar surface area (TPSA) is 44.8 Å². The van der Waals surface area contributed by atoms with Crippen LogP contribution in [0.2, 0.25) is 0 Å². The van der Waals surface area contributed by atoms with Crippen molar-refractivity contribution < 1.29 is 0 Å². The fourth-order valence-electron chi connectivity index (χ4n) is 2.31. The Morgan fingerprint density at radius 1 is 1.35 bits per heavy atom. The molecule has 0 unspecified atom stereocenters. The first-order valence-corrected chi connectivity index (χ1v) is 6.83. The molecule has 1 N–H and O–H groups in total. The summed E-state index contributed by atoms with van der Waals surface area (Å²) in [5.41, 5.74) is 1.82. The van der Waals surface area contributed by atoms with E-state index in [1.807, 2.05) is 6.07 Å². The van der Waals surface area contributed by atoms with Crippen LogP contribution in [0.5, 0.6) is 0 Å². The largest absolute Gasteiger partial charge is 0.341 e. The Bertz CT molecular complexity index is 516. The van der Waals surface area contributed by atoms with Gasteiger partial charge in [-0.15, -0.1) is 0 Å². The molecule has 0 spiro atoms. The molecule has 0 atom stereocenters. The van der Waals surface area contributed by atoms with Gasteiger partial charge in [0.1, 0.15) is 5.82 Å². The lowest BCUT2D eigenvalue weighted by Gasteiger charge is -2.12. The summed E-state index contributed by atoms with van der Waals surface area (Å²) in [6, 6.07) is 2.02. The number of H-pyrrole nitrogens is 1. The number of nitrogens with zero attached hydrogens (tertiary/aromatic N) is 3. The number of rotatable bonds is 3. The van der Waals surface area contributed by atoms with Crippen LogP contribution in [-0.2, 0) is 6.42 Å². The minimum absolute atomic E-state index is 0.810.